The number of benzene rings is 3. The zero-order chi connectivity index (χ0) is 26.7. The Morgan fingerprint density at radius 1 is 1.05 bits per heavy atom. The van der Waals surface area contributed by atoms with Crippen molar-refractivity contribution in [3.63, 3.8) is 0 Å². The highest BCUT2D eigenvalue weighted by atomic mass is 35.5. The Morgan fingerprint density at radius 2 is 1.87 bits per heavy atom. The van der Waals surface area contributed by atoms with Crippen LogP contribution in [0.5, 0.6) is 11.5 Å². The zero-order valence-electron chi connectivity index (χ0n) is 21.8. The Labute approximate surface area is 229 Å². The third kappa shape index (κ3) is 7.17. The van der Waals surface area contributed by atoms with E-state index in [0.717, 1.165) is 72.6 Å². The molecule has 0 bridgehead atoms. The van der Waals surface area contributed by atoms with E-state index in [1.807, 2.05) is 42.5 Å². The summed E-state index contributed by atoms with van der Waals surface area (Å²) in [5, 5.41) is 3.60. The van der Waals surface area contributed by atoms with Gasteiger partial charge in [0.1, 0.15) is 5.82 Å². The number of allylic oxidation sites excluding steroid dienone is 1. The lowest BCUT2D eigenvalue weighted by molar-refractivity contribution is 0.0953. The number of amides is 1. The SMILES string of the molecule is C=CCc1ccc(OCCCCn2c(CCCNC(=O)c3ccc(Cl)cc3)nc3ccccc32)c(OC)c1. The fourth-order valence-electron chi connectivity index (χ4n) is 4.40. The summed E-state index contributed by atoms with van der Waals surface area (Å²) in [7, 11) is 1.66. The van der Waals surface area contributed by atoms with Crippen LogP contribution < -0.4 is 14.8 Å². The molecule has 4 rings (SSSR count). The Bertz CT molecular complexity index is 1360. The molecule has 7 heteroatoms. The second-order valence-electron chi connectivity index (χ2n) is 9.07. The molecule has 1 N–H and O–H groups in total. The Hall–Kier alpha value is -3.77. The maximum atomic E-state index is 12.4. The molecule has 0 saturated heterocycles. The molecule has 0 unspecified atom stereocenters. The van der Waals surface area contributed by atoms with Crippen molar-refractivity contribution in [1.29, 1.82) is 0 Å². The van der Waals surface area contributed by atoms with Crippen molar-refractivity contribution in [1.82, 2.24) is 14.9 Å². The number of aromatic nitrogens is 2. The molecule has 0 aliphatic heterocycles. The van der Waals surface area contributed by atoms with Crippen LogP contribution in [-0.2, 0) is 19.4 Å². The van der Waals surface area contributed by atoms with Gasteiger partial charge in [0, 0.05) is 30.1 Å². The van der Waals surface area contributed by atoms with E-state index in [1.54, 1.807) is 31.4 Å². The van der Waals surface area contributed by atoms with Gasteiger partial charge in [-0.15, -0.1) is 6.58 Å². The number of nitrogens with zero attached hydrogens (tertiary/aromatic N) is 2. The number of imidazole rings is 1. The van der Waals surface area contributed by atoms with Gasteiger partial charge in [-0.25, -0.2) is 4.98 Å². The van der Waals surface area contributed by atoms with Crippen LogP contribution in [0.25, 0.3) is 11.0 Å². The number of ether oxygens (including phenoxy) is 2. The van der Waals surface area contributed by atoms with Gasteiger partial charge in [-0.3, -0.25) is 4.79 Å². The van der Waals surface area contributed by atoms with Crippen LogP contribution in [0.4, 0.5) is 0 Å². The number of carbonyl (C=O) groups excluding carboxylic acids is 1. The first-order valence-electron chi connectivity index (χ1n) is 13.0. The number of nitrogens with one attached hydrogen (secondary N) is 1. The van der Waals surface area contributed by atoms with Crippen molar-refractivity contribution >= 4 is 28.5 Å². The van der Waals surface area contributed by atoms with Gasteiger partial charge in [-0.2, -0.15) is 0 Å². The number of aryl methyl sites for hydroxylation is 2. The van der Waals surface area contributed by atoms with Gasteiger partial charge in [-0.1, -0.05) is 35.9 Å². The number of para-hydroxylation sites is 2. The van der Waals surface area contributed by atoms with E-state index in [1.165, 1.54) is 0 Å². The van der Waals surface area contributed by atoms with E-state index in [2.05, 4.69) is 22.5 Å². The molecule has 38 heavy (non-hydrogen) atoms. The lowest BCUT2D eigenvalue weighted by Crippen LogP contribution is -2.25. The van der Waals surface area contributed by atoms with Crippen LogP contribution in [0.1, 0.15) is 41.0 Å². The molecule has 4 aromatic rings. The van der Waals surface area contributed by atoms with E-state index < -0.39 is 0 Å². The van der Waals surface area contributed by atoms with Crippen LogP contribution >= 0.6 is 11.6 Å². The summed E-state index contributed by atoms with van der Waals surface area (Å²) in [6.45, 7) is 5.83. The van der Waals surface area contributed by atoms with Crippen LogP contribution in [0.2, 0.25) is 5.02 Å². The standard InChI is InChI=1S/C31H34ClN3O3/c1-3-9-23-13-18-28(29(22-23)37-2)38-21-7-6-20-35-27-11-5-4-10-26(27)34-30(35)12-8-19-33-31(36)24-14-16-25(32)17-15-24/h3-5,10-11,13-18,22H,1,6-9,12,19-21H2,2H3,(H,33,36). The topological polar surface area (TPSA) is 65.4 Å². The summed E-state index contributed by atoms with van der Waals surface area (Å²) in [5.41, 5.74) is 3.88. The Balaban J connectivity index is 1.29. The molecule has 1 heterocycles. The third-order valence-corrected chi connectivity index (χ3v) is 6.60. The maximum absolute atomic E-state index is 12.4. The van der Waals surface area contributed by atoms with Crippen molar-refractivity contribution < 1.29 is 14.3 Å². The molecule has 0 aliphatic rings. The quantitative estimate of drug-likeness (QED) is 0.146. The van der Waals surface area contributed by atoms with Crippen molar-refractivity contribution in [2.75, 3.05) is 20.3 Å². The minimum absolute atomic E-state index is 0.0952. The van der Waals surface area contributed by atoms with Crippen LogP contribution in [0, 0.1) is 0 Å². The number of methoxy groups -OCH3 is 1. The first kappa shape index (κ1) is 27.3. The van der Waals surface area contributed by atoms with Crippen LogP contribution in [-0.4, -0.2) is 35.7 Å². The minimum atomic E-state index is -0.0952. The number of hydrogen-bond acceptors (Lipinski definition) is 4. The van der Waals surface area contributed by atoms with E-state index in [9.17, 15) is 4.79 Å². The van der Waals surface area contributed by atoms with E-state index in [0.29, 0.717) is 23.7 Å². The first-order chi connectivity index (χ1) is 18.6. The number of fused-ring (bicyclic) bond motifs is 1. The smallest absolute Gasteiger partial charge is 0.251 e. The predicted octanol–water partition coefficient (Wildman–Crippen LogP) is 6.65. The summed E-state index contributed by atoms with van der Waals surface area (Å²) < 4.78 is 13.8. The highest BCUT2D eigenvalue weighted by Crippen LogP contribution is 2.28. The highest BCUT2D eigenvalue weighted by Gasteiger charge is 2.11. The number of halogens is 1. The summed E-state index contributed by atoms with van der Waals surface area (Å²) in [4.78, 5) is 17.2. The number of rotatable bonds is 14. The van der Waals surface area contributed by atoms with Gasteiger partial charge in [-0.05, 0) is 79.8 Å². The lowest BCUT2D eigenvalue weighted by Gasteiger charge is -2.13. The average Bonchev–Trinajstić information content (AvgIpc) is 3.29. The molecule has 0 saturated carbocycles. The van der Waals surface area contributed by atoms with Gasteiger partial charge in [0.2, 0.25) is 0 Å². The van der Waals surface area contributed by atoms with E-state index in [4.69, 9.17) is 26.1 Å². The molecule has 0 spiro atoms. The molecule has 0 aliphatic carbocycles. The molecule has 0 atom stereocenters. The van der Waals surface area contributed by atoms with Crippen molar-refractivity contribution in [2.45, 2.75) is 38.6 Å². The van der Waals surface area contributed by atoms with E-state index >= 15 is 0 Å². The van der Waals surface area contributed by atoms with Crippen molar-refractivity contribution in [3.05, 3.63) is 101 Å². The van der Waals surface area contributed by atoms with Gasteiger partial charge in [0.05, 0.1) is 24.8 Å². The van der Waals surface area contributed by atoms with Gasteiger partial charge in [0.15, 0.2) is 11.5 Å². The minimum Gasteiger partial charge on any atom is -0.493 e. The first-order valence-corrected chi connectivity index (χ1v) is 13.4. The molecule has 0 radical (unpaired) electrons. The van der Waals surface area contributed by atoms with Crippen molar-refractivity contribution in [3.8, 4) is 11.5 Å². The summed E-state index contributed by atoms with van der Waals surface area (Å²) in [6, 6.07) is 21.1. The zero-order valence-corrected chi connectivity index (χ0v) is 22.5. The Morgan fingerprint density at radius 3 is 2.66 bits per heavy atom. The second-order valence-corrected chi connectivity index (χ2v) is 9.50. The van der Waals surface area contributed by atoms with Gasteiger partial charge in [0.25, 0.3) is 5.91 Å². The van der Waals surface area contributed by atoms with Crippen LogP contribution in [0.15, 0.2) is 79.4 Å². The highest BCUT2D eigenvalue weighted by molar-refractivity contribution is 6.30. The molecule has 0 fully saturated rings. The number of carbonyl (C=O) groups is 1. The number of hydrogen-bond donors (Lipinski definition) is 1. The third-order valence-electron chi connectivity index (χ3n) is 6.34. The average molecular weight is 532 g/mol. The fraction of sp³-hybridized carbons (Fsp3) is 0.290. The molecule has 198 valence electrons. The lowest BCUT2D eigenvalue weighted by atomic mass is 10.1. The molecular weight excluding hydrogens is 498 g/mol. The fourth-order valence-corrected chi connectivity index (χ4v) is 4.52. The molecule has 1 aromatic heterocycles. The number of unbranched alkanes of at least 4 members (excludes halogenated alkanes) is 1. The summed E-state index contributed by atoms with van der Waals surface area (Å²) >= 11 is 5.91. The molecular formula is C31H34ClN3O3. The van der Waals surface area contributed by atoms with E-state index in [-0.39, 0.29) is 5.91 Å². The normalized spacial score (nSPS) is 10.9. The summed E-state index contributed by atoms with van der Waals surface area (Å²) in [6.07, 6.45) is 6.11. The second kappa shape index (κ2) is 13.7. The monoisotopic (exact) mass is 531 g/mol. The largest absolute Gasteiger partial charge is 0.493 e. The van der Waals surface area contributed by atoms with Crippen LogP contribution in [0.3, 0.4) is 0 Å². The maximum Gasteiger partial charge on any atom is 0.251 e. The van der Waals surface area contributed by atoms with Gasteiger partial charge < -0.3 is 19.4 Å². The Kier molecular flexibility index (Phi) is 9.82. The molecule has 1 amide bonds. The van der Waals surface area contributed by atoms with Gasteiger partial charge >= 0.3 is 0 Å². The predicted molar refractivity (Wildman–Crippen MR) is 153 cm³/mol. The summed E-state index contributed by atoms with van der Waals surface area (Å²) in [5.74, 6) is 2.44. The molecule has 6 nitrogen and oxygen atoms in total. The molecule has 3 aromatic carbocycles. The van der Waals surface area contributed by atoms with Crippen molar-refractivity contribution in [2.24, 2.45) is 0 Å².